The third-order valence-corrected chi connectivity index (χ3v) is 6.40. The monoisotopic (exact) mass is 459 g/mol. The van der Waals surface area contributed by atoms with E-state index in [4.69, 9.17) is 4.74 Å². The lowest BCUT2D eigenvalue weighted by Crippen LogP contribution is -2.38. The van der Waals surface area contributed by atoms with Crippen LogP contribution in [0.15, 0.2) is 78.9 Å². The Morgan fingerprint density at radius 2 is 1.38 bits per heavy atom. The van der Waals surface area contributed by atoms with Crippen molar-refractivity contribution in [3.05, 3.63) is 101 Å². The molecule has 0 heterocycles. The average molecular weight is 460 g/mol. The summed E-state index contributed by atoms with van der Waals surface area (Å²) >= 11 is 0. The quantitative estimate of drug-likeness (QED) is 0.333. The second kappa shape index (κ2) is 11.8. The molecule has 4 heteroatoms. The molecule has 3 rings (SSSR count). The van der Waals surface area contributed by atoms with Crippen LogP contribution in [0, 0.1) is 0 Å². The maximum absolute atomic E-state index is 13.0. The van der Waals surface area contributed by atoms with Crippen LogP contribution in [0.25, 0.3) is 0 Å². The van der Waals surface area contributed by atoms with Crippen LogP contribution < -0.4 is 0 Å². The Labute approximate surface area is 204 Å². The number of phenolic OH excluding ortho intramolecular Hbond substituents is 1. The van der Waals surface area contributed by atoms with Crippen molar-refractivity contribution in [2.75, 3.05) is 6.54 Å². The third-order valence-electron chi connectivity index (χ3n) is 6.40. The van der Waals surface area contributed by atoms with Gasteiger partial charge in [-0.05, 0) is 76.9 Å². The maximum Gasteiger partial charge on any atom is 0.338 e. The summed E-state index contributed by atoms with van der Waals surface area (Å²) in [6, 6.07) is 25.8. The van der Waals surface area contributed by atoms with E-state index in [1.807, 2.05) is 55.5 Å². The highest BCUT2D eigenvalue weighted by Gasteiger charge is 2.23. The molecule has 0 aromatic heterocycles. The summed E-state index contributed by atoms with van der Waals surface area (Å²) in [7, 11) is 0. The lowest BCUT2D eigenvalue weighted by molar-refractivity contribution is 0.0337. The Morgan fingerprint density at radius 1 is 0.824 bits per heavy atom. The topological polar surface area (TPSA) is 49.8 Å². The van der Waals surface area contributed by atoms with Crippen molar-refractivity contribution in [1.29, 1.82) is 0 Å². The summed E-state index contributed by atoms with van der Waals surface area (Å²) < 4.78 is 5.74. The van der Waals surface area contributed by atoms with Gasteiger partial charge in [0.25, 0.3) is 0 Å². The molecule has 0 saturated carbocycles. The number of carbonyl (C=O) groups excluding carboxylic acids is 1. The molecule has 0 saturated heterocycles. The third kappa shape index (κ3) is 6.48. The number of hydrogen-bond acceptors (Lipinski definition) is 4. The molecule has 0 spiro atoms. The van der Waals surface area contributed by atoms with Crippen LogP contribution >= 0.6 is 0 Å². The number of ether oxygens (including phenoxy) is 1. The predicted octanol–water partition coefficient (Wildman–Crippen LogP) is 6.95. The minimum Gasteiger partial charge on any atom is -0.508 e. The van der Waals surface area contributed by atoms with Gasteiger partial charge in [0, 0.05) is 23.6 Å². The van der Waals surface area contributed by atoms with Gasteiger partial charge in [-0.15, -0.1) is 0 Å². The fraction of sp³-hybridized carbons (Fsp3) is 0.367. The van der Waals surface area contributed by atoms with Crippen molar-refractivity contribution in [2.45, 2.75) is 65.1 Å². The van der Waals surface area contributed by atoms with Crippen LogP contribution in [-0.4, -0.2) is 34.6 Å². The number of aromatic hydroxyl groups is 1. The molecule has 0 aliphatic rings. The lowest BCUT2D eigenvalue weighted by Gasteiger charge is -2.32. The molecule has 0 fully saturated rings. The number of carbonyl (C=O) groups is 1. The molecule has 180 valence electrons. The van der Waals surface area contributed by atoms with Gasteiger partial charge in [0.15, 0.2) is 0 Å². The standard InChI is InChI=1S/C30H37NO3/c1-21(2)31(22(3)4)19-18-27(25-14-10-7-11-15-25)28-20-26(16-17-29(28)32)30(33)34-23(5)24-12-8-6-9-13-24/h6-17,20-23,27,32H,18-19H2,1-5H3/t23-,27+/m0/s1. The minimum atomic E-state index is -0.393. The van der Waals surface area contributed by atoms with E-state index < -0.39 is 5.97 Å². The molecule has 0 aliphatic heterocycles. The first kappa shape index (κ1) is 25.5. The summed E-state index contributed by atoms with van der Waals surface area (Å²) in [4.78, 5) is 15.4. The van der Waals surface area contributed by atoms with Crippen LogP contribution in [-0.2, 0) is 4.74 Å². The minimum absolute atomic E-state index is 0.0412. The molecule has 0 aliphatic carbocycles. The molecule has 3 aromatic rings. The molecule has 3 aromatic carbocycles. The average Bonchev–Trinajstić information content (AvgIpc) is 2.83. The fourth-order valence-corrected chi connectivity index (χ4v) is 4.56. The van der Waals surface area contributed by atoms with Gasteiger partial charge in [0.05, 0.1) is 5.56 Å². The number of benzene rings is 3. The van der Waals surface area contributed by atoms with Gasteiger partial charge in [-0.25, -0.2) is 4.79 Å². The molecule has 0 amide bonds. The van der Waals surface area contributed by atoms with E-state index in [2.05, 4.69) is 44.7 Å². The van der Waals surface area contributed by atoms with Gasteiger partial charge in [-0.3, -0.25) is 4.90 Å². The summed E-state index contributed by atoms with van der Waals surface area (Å²) in [5, 5.41) is 10.8. The Hall–Kier alpha value is -3.11. The number of esters is 1. The van der Waals surface area contributed by atoms with Crippen LogP contribution in [0.3, 0.4) is 0 Å². The Morgan fingerprint density at radius 3 is 1.94 bits per heavy atom. The van der Waals surface area contributed by atoms with E-state index in [1.54, 1.807) is 18.2 Å². The smallest absolute Gasteiger partial charge is 0.338 e. The summed E-state index contributed by atoms with van der Waals surface area (Å²) in [5.41, 5.74) is 3.26. The zero-order valence-electron chi connectivity index (χ0n) is 20.9. The fourth-order valence-electron chi connectivity index (χ4n) is 4.56. The van der Waals surface area contributed by atoms with Crippen molar-refractivity contribution in [2.24, 2.45) is 0 Å². The maximum atomic E-state index is 13.0. The van der Waals surface area contributed by atoms with Crippen molar-refractivity contribution in [1.82, 2.24) is 4.90 Å². The van der Waals surface area contributed by atoms with Crippen LogP contribution in [0.4, 0.5) is 0 Å². The van der Waals surface area contributed by atoms with Crippen molar-refractivity contribution >= 4 is 5.97 Å². The van der Waals surface area contributed by atoms with Crippen LogP contribution in [0.1, 0.15) is 80.1 Å². The molecule has 0 bridgehead atoms. The second-order valence-electron chi connectivity index (χ2n) is 9.41. The highest BCUT2D eigenvalue weighted by Crippen LogP contribution is 2.35. The van der Waals surface area contributed by atoms with E-state index in [-0.39, 0.29) is 17.8 Å². The zero-order valence-corrected chi connectivity index (χ0v) is 20.9. The first-order chi connectivity index (χ1) is 16.3. The van der Waals surface area contributed by atoms with E-state index >= 15 is 0 Å². The van der Waals surface area contributed by atoms with Crippen molar-refractivity contribution in [3.63, 3.8) is 0 Å². The Kier molecular flexibility index (Phi) is 8.89. The van der Waals surface area contributed by atoms with Gasteiger partial charge in [0.2, 0.25) is 0 Å². The molecule has 1 N–H and O–H groups in total. The number of rotatable bonds is 10. The van der Waals surface area contributed by atoms with E-state index in [0.717, 1.165) is 29.7 Å². The van der Waals surface area contributed by atoms with Gasteiger partial charge in [0.1, 0.15) is 11.9 Å². The largest absolute Gasteiger partial charge is 0.508 e. The van der Waals surface area contributed by atoms with Crippen molar-refractivity contribution < 1.29 is 14.6 Å². The highest BCUT2D eigenvalue weighted by molar-refractivity contribution is 5.90. The first-order valence-corrected chi connectivity index (χ1v) is 12.2. The first-order valence-electron chi connectivity index (χ1n) is 12.2. The molecular formula is C30H37NO3. The van der Waals surface area contributed by atoms with E-state index in [9.17, 15) is 9.90 Å². The van der Waals surface area contributed by atoms with Crippen molar-refractivity contribution in [3.8, 4) is 5.75 Å². The van der Waals surface area contributed by atoms with Gasteiger partial charge in [-0.2, -0.15) is 0 Å². The normalized spacial score (nSPS) is 13.3. The van der Waals surface area contributed by atoms with Gasteiger partial charge < -0.3 is 9.84 Å². The zero-order chi connectivity index (χ0) is 24.7. The van der Waals surface area contributed by atoms with Gasteiger partial charge >= 0.3 is 5.97 Å². The Bertz CT molecular complexity index is 1040. The number of phenols is 1. The van der Waals surface area contributed by atoms with Crippen LogP contribution in [0.5, 0.6) is 5.75 Å². The summed E-state index contributed by atoms with van der Waals surface area (Å²) in [6.07, 6.45) is 0.467. The number of hydrogen-bond donors (Lipinski definition) is 1. The second-order valence-corrected chi connectivity index (χ2v) is 9.41. The van der Waals surface area contributed by atoms with Crippen LogP contribution in [0.2, 0.25) is 0 Å². The summed E-state index contributed by atoms with van der Waals surface area (Å²) in [6.45, 7) is 11.6. The molecular weight excluding hydrogens is 422 g/mol. The molecule has 0 unspecified atom stereocenters. The molecule has 0 radical (unpaired) electrons. The highest BCUT2D eigenvalue weighted by atomic mass is 16.5. The molecule has 34 heavy (non-hydrogen) atoms. The number of nitrogens with zero attached hydrogens (tertiary/aromatic N) is 1. The lowest BCUT2D eigenvalue weighted by atomic mass is 9.86. The molecule has 2 atom stereocenters. The Balaban J connectivity index is 1.88. The predicted molar refractivity (Wildman–Crippen MR) is 138 cm³/mol. The van der Waals surface area contributed by atoms with Gasteiger partial charge in [-0.1, -0.05) is 60.7 Å². The summed E-state index contributed by atoms with van der Waals surface area (Å²) in [5.74, 6) is -0.238. The SMILES string of the molecule is CC(C)N(CC[C@H](c1ccccc1)c1cc(C(=O)O[C@@H](C)c2ccccc2)ccc1O)C(C)C. The molecule has 4 nitrogen and oxygen atoms in total. The van der Waals surface area contributed by atoms with E-state index in [1.165, 1.54) is 0 Å². The van der Waals surface area contributed by atoms with E-state index in [0.29, 0.717) is 17.6 Å².